The van der Waals surface area contributed by atoms with Crippen molar-refractivity contribution < 1.29 is 9.59 Å². The van der Waals surface area contributed by atoms with Crippen molar-refractivity contribution >= 4 is 17.4 Å². The highest BCUT2D eigenvalue weighted by Crippen LogP contribution is 2.10. The van der Waals surface area contributed by atoms with Gasteiger partial charge in [0.1, 0.15) is 18.4 Å². The molecule has 6 heteroatoms. The molecule has 0 bridgehead atoms. The van der Waals surface area contributed by atoms with E-state index in [1.165, 1.54) is 13.3 Å². The van der Waals surface area contributed by atoms with Gasteiger partial charge in [-0.15, -0.1) is 0 Å². The Morgan fingerprint density at radius 2 is 2.00 bits per heavy atom. The van der Waals surface area contributed by atoms with Crippen LogP contribution in [0, 0.1) is 0 Å². The minimum absolute atomic E-state index is 0.0965. The van der Waals surface area contributed by atoms with Gasteiger partial charge in [0, 0.05) is 5.69 Å². The molecule has 1 heterocycles. The number of carbonyl (C=O) groups excluding carboxylic acids is 2. The van der Waals surface area contributed by atoms with E-state index >= 15 is 0 Å². The molecule has 0 atom stereocenters. The molecule has 1 amide bonds. The van der Waals surface area contributed by atoms with Gasteiger partial charge in [0.2, 0.25) is 5.91 Å². The third-order valence-corrected chi connectivity index (χ3v) is 2.46. The fourth-order valence-corrected chi connectivity index (χ4v) is 1.63. The Hall–Kier alpha value is -2.50. The van der Waals surface area contributed by atoms with Gasteiger partial charge >= 0.3 is 0 Å². The maximum Gasteiger partial charge on any atom is 0.231 e. The van der Waals surface area contributed by atoms with Crippen LogP contribution >= 0.6 is 0 Å². The highest BCUT2D eigenvalue weighted by molar-refractivity contribution is 6.03. The predicted molar refractivity (Wildman–Crippen MR) is 69.5 cm³/mol. The Kier molecular flexibility index (Phi) is 4.02. The van der Waals surface area contributed by atoms with Gasteiger partial charge in [0.15, 0.2) is 0 Å². The molecule has 6 nitrogen and oxygen atoms in total. The average molecular weight is 258 g/mol. The molecule has 0 aliphatic rings. The van der Waals surface area contributed by atoms with E-state index in [0.717, 1.165) is 5.56 Å². The van der Waals surface area contributed by atoms with E-state index in [2.05, 4.69) is 15.4 Å². The number of carbonyl (C=O) groups is 2. The van der Waals surface area contributed by atoms with E-state index in [-0.39, 0.29) is 18.1 Å². The topological polar surface area (TPSA) is 76.9 Å². The van der Waals surface area contributed by atoms with Crippen molar-refractivity contribution in [3.05, 3.63) is 42.5 Å². The van der Waals surface area contributed by atoms with Crippen LogP contribution in [0.4, 0.5) is 5.69 Å². The number of aromatic nitrogens is 3. The number of rotatable bonds is 5. The second-order valence-electron chi connectivity index (χ2n) is 4.22. The van der Waals surface area contributed by atoms with Crippen LogP contribution < -0.4 is 5.32 Å². The third kappa shape index (κ3) is 4.02. The first-order valence-corrected chi connectivity index (χ1v) is 5.84. The second kappa shape index (κ2) is 5.90. The van der Waals surface area contributed by atoms with Crippen molar-refractivity contribution in [2.75, 3.05) is 5.32 Å². The molecule has 0 saturated heterocycles. The summed E-state index contributed by atoms with van der Waals surface area (Å²) in [5.74, 6) is -0.447. The molecule has 1 N–H and O–H groups in total. The van der Waals surface area contributed by atoms with Crippen molar-refractivity contribution in [1.29, 1.82) is 0 Å². The van der Waals surface area contributed by atoms with Crippen molar-refractivity contribution in [1.82, 2.24) is 14.8 Å². The maximum absolute atomic E-state index is 11.4. The molecule has 0 spiro atoms. The first-order valence-electron chi connectivity index (χ1n) is 5.84. The molecule has 0 fully saturated rings. The predicted octanol–water partition coefficient (Wildman–Crippen LogP) is 1.24. The molecular formula is C13H14N4O2. The quantitative estimate of drug-likeness (QED) is 0.819. The van der Waals surface area contributed by atoms with Gasteiger partial charge in [0.05, 0.1) is 13.0 Å². The molecule has 0 unspecified atom stereocenters. The molecule has 1 aromatic heterocycles. The van der Waals surface area contributed by atoms with E-state index in [4.69, 9.17) is 0 Å². The molecule has 0 radical (unpaired) electrons. The molecular weight excluding hydrogens is 244 g/mol. The van der Waals surface area contributed by atoms with Crippen LogP contribution in [0.3, 0.4) is 0 Å². The van der Waals surface area contributed by atoms with Crippen molar-refractivity contribution in [3.8, 4) is 0 Å². The average Bonchev–Trinajstić information content (AvgIpc) is 2.83. The van der Waals surface area contributed by atoms with Gasteiger partial charge < -0.3 is 5.32 Å². The lowest BCUT2D eigenvalue weighted by Gasteiger charge is -2.05. The summed E-state index contributed by atoms with van der Waals surface area (Å²) in [6.07, 6.45) is 3.03. The molecule has 0 aliphatic carbocycles. The van der Waals surface area contributed by atoms with Crippen LogP contribution in [0.2, 0.25) is 0 Å². The Labute approximate surface area is 110 Å². The van der Waals surface area contributed by atoms with E-state index in [1.54, 1.807) is 23.1 Å². The van der Waals surface area contributed by atoms with Gasteiger partial charge in [-0.1, -0.05) is 12.1 Å². The van der Waals surface area contributed by atoms with Crippen molar-refractivity contribution in [3.63, 3.8) is 0 Å². The lowest BCUT2D eigenvalue weighted by atomic mass is 10.2. The number of amides is 1. The number of hydrogen-bond acceptors (Lipinski definition) is 4. The van der Waals surface area contributed by atoms with Crippen LogP contribution in [-0.4, -0.2) is 26.5 Å². The van der Waals surface area contributed by atoms with Crippen molar-refractivity contribution in [2.24, 2.45) is 0 Å². The first-order chi connectivity index (χ1) is 9.13. The van der Waals surface area contributed by atoms with Crippen LogP contribution in [0.1, 0.15) is 18.9 Å². The van der Waals surface area contributed by atoms with E-state index in [0.29, 0.717) is 12.2 Å². The summed E-state index contributed by atoms with van der Waals surface area (Å²) < 4.78 is 1.71. The van der Waals surface area contributed by atoms with E-state index < -0.39 is 0 Å². The number of nitrogens with zero attached hydrogens (tertiary/aromatic N) is 3. The smallest absolute Gasteiger partial charge is 0.231 e. The van der Waals surface area contributed by atoms with Gasteiger partial charge in [-0.2, -0.15) is 5.10 Å². The van der Waals surface area contributed by atoms with Crippen LogP contribution in [-0.2, 0) is 16.1 Å². The zero-order valence-corrected chi connectivity index (χ0v) is 10.5. The number of hydrogen-bond donors (Lipinski definition) is 1. The Morgan fingerprint density at radius 1 is 1.26 bits per heavy atom. The largest absolute Gasteiger partial charge is 0.326 e. The summed E-state index contributed by atoms with van der Waals surface area (Å²) in [7, 11) is 0. The molecule has 0 aliphatic heterocycles. The Morgan fingerprint density at radius 3 is 2.58 bits per heavy atom. The van der Waals surface area contributed by atoms with Gasteiger partial charge in [-0.3, -0.25) is 9.59 Å². The summed E-state index contributed by atoms with van der Waals surface area (Å²) in [6, 6.07) is 7.38. The third-order valence-electron chi connectivity index (χ3n) is 2.46. The number of anilines is 1. The number of nitrogens with one attached hydrogen (secondary N) is 1. The molecule has 2 rings (SSSR count). The van der Waals surface area contributed by atoms with E-state index in [9.17, 15) is 9.59 Å². The normalized spacial score (nSPS) is 10.2. The highest BCUT2D eigenvalue weighted by Gasteiger charge is 2.05. The number of ketones is 1. The number of Topliss-reactive ketones (excluding diaryl/α,β-unsaturated/α-hetero) is 1. The zero-order valence-electron chi connectivity index (χ0n) is 10.5. The summed E-state index contributed by atoms with van der Waals surface area (Å²) in [5, 5.41) is 6.68. The zero-order chi connectivity index (χ0) is 13.7. The minimum Gasteiger partial charge on any atom is -0.326 e. The number of benzene rings is 1. The molecule has 2 aromatic rings. The first kappa shape index (κ1) is 12.9. The standard InChI is InChI=1S/C13H14N4O2/c1-10(18)6-13(19)16-12-4-2-11(3-5-12)7-17-9-14-8-15-17/h2-5,8-9H,6-7H2,1H3,(H,16,19). The van der Waals surface area contributed by atoms with Gasteiger partial charge in [-0.05, 0) is 24.6 Å². The molecule has 1 aromatic carbocycles. The second-order valence-corrected chi connectivity index (χ2v) is 4.22. The van der Waals surface area contributed by atoms with E-state index in [1.807, 2.05) is 12.1 Å². The van der Waals surface area contributed by atoms with Crippen LogP contribution in [0.25, 0.3) is 0 Å². The van der Waals surface area contributed by atoms with Crippen LogP contribution in [0.15, 0.2) is 36.9 Å². The van der Waals surface area contributed by atoms with Gasteiger partial charge in [-0.25, -0.2) is 9.67 Å². The lowest BCUT2D eigenvalue weighted by Crippen LogP contribution is -2.14. The molecule has 98 valence electrons. The highest BCUT2D eigenvalue weighted by atomic mass is 16.2. The fraction of sp³-hybridized carbons (Fsp3) is 0.231. The van der Waals surface area contributed by atoms with Crippen molar-refractivity contribution in [2.45, 2.75) is 19.9 Å². The van der Waals surface area contributed by atoms with Gasteiger partial charge in [0.25, 0.3) is 0 Å². The fourth-order valence-electron chi connectivity index (χ4n) is 1.63. The molecule has 0 saturated carbocycles. The Balaban J connectivity index is 1.94. The summed E-state index contributed by atoms with van der Waals surface area (Å²) in [5.41, 5.74) is 1.73. The SMILES string of the molecule is CC(=O)CC(=O)Nc1ccc(Cn2cncn2)cc1. The lowest BCUT2D eigenvalue weighted by molar-refractivity contribution is -0.124. The van der Waals surface area contributed by atoms with Crippen LogP contribution in [0.5, 0.6) is 0 Å². The molecule has 19 heavy (non-hydrogen) atoms. The summed E-state index contributed by atoms with van der Waals surface area (Å²) in [6.45, 7) is 2.02. The monoisotopic (exact) mass is 258 g/mol. The summed E-state index contributed by atoms with van der Waals surface area (Å²) >= 11 is 0. The Bertz CT molecular complexity index is 561. The minimum atomic E-state index is -0.295. The summed E-state index contributed by atoms with van der Waals surface area (Å²) in [4.78, 5) is 26.1. The maximum atomic E-state index is 11.4.